The standard InChI is InChI=1S/C25H26F2N4O5/c1-3-18(34)29-7-8-30-14(10-29)12-36-23-20(25(30)35)24(31-11-15(32)9-13(31)2)28-22(21(23)27)19-16(26)5-4-6-17(19)33/h3-6,13-15,32-33H,1,7-12H2,2H3/t13-,14+,15+/m0/s1. The molecule has 2 N–H and O–H groups in total. The number of benzene rings is 1. The van der Waals surface area contributed by atoms with E-state index in [0.717, 1.165) is 6.07 Å². The zero-order valence-corrected chi connectivity index (χ0v) is 19.7. The fourth-order valence-corrected chi connectivity index (χ4v) is 5.19. The largest absolute Gasteiger partial charge is 0.507 e. The summed E-state index contributed by atoms with van der Waals surface area (Å²) < 4.78 is 36.6. The number of aromatic hydroxyl groups is 1. The van der Waals surface area contributed by atoms with E-state index in [2.05, 4.69) is 11.6 Å². The molecule has 190 valence electrons. The predicted molar refractivity (Wildman–Crippen MR) is 126 cm³/mol. The van der Waals surface area contributed by atoms with Gasteiger partial charge in [0.05, 0.1) is 17.7 Å². The number of amides is 2. The number of phenolic OH excluding ortho intramolecular Hbond substituents is 1. The monoisotopic (exact) mass is 500 g/mol. The van der Waals surface area contributed by atoms with Gasteiger partial charge in [0.2, 0.25) is 5.91 Å². The summed E-state index contributed by atoms with van der Waals surface area (Å²) in [6, 6.07) is 2.76. The van der Waals surface area contributed by atoms with E-state index in [1.165, 1.54) is 28.0 Å². The van der Waals surface area contributed by atoms with Gasteiger partial charge in [0.25, 0.3) is 5.91 Å². The van der Waals surface area contributed by atoms with Gasteiger partial charge in [-0.25, -0.2) is 13.8 Å². The normalized spacial score (nSPS) is 23.6. The van der Waals surface area contributed by atoms with Crippen LogP contribution >= 0.6 is 0 Å². The first-order valence-corrected chi connectivity index (χ1v) is 11.7. The lowest BCUT2D eigenvalue weighted by atomic mass is 10.0. The van der Waals surface area contributed by atoms with Gasteiger partial charge in [-0.15, -0.1) is 0 Å². The number of aromatic nitrogens is 1. The third-order valence-electron chi connectivity index (χ3n) is 6.99. The number of hydrogen-bond acceptors (Lipinski definition) is 7. The number of rotatable bonds is 3. The Kier molecular flexibility index (Phi) is 6.03. The van der Waals surface area contributed by atoms with Crippen molar-refractivity contribution >= 4 is 17.6 Å². The molecule has 0 radical (unpaired) electrons. The van der Waals surface area contributed by atoms with Crippen molar-refractivity contribution in [1.82, 2.24) is 14.8 Å². The maximum atomic E-state index is 16.0. The number of aliphatic hydroxyl groups is 1. The van der Waals surface area contributed by atoms with Crippen LogP contribution in [0.5, 0.6) is 11.5 Å². The van der Waals surface area contributed by atoms with E-state index in [-0.39, 0.29) is 56.1 Å². The molecular formula is C25H26F2N4O5. The van der Waals surface area contributed by atoms with Crippen molar-refractivity contribution in [2.45, 2.75) is 31.5 Å². The molecule has 11 heteroatoms. The Labute approximate surface area is 206 Å². The lowest BCUT2D eigenvalue weighted by Crippen LogP contribution is -2.57. The second kappa shape index (κ2) is 9.05. The highest BCUT2D eigenvalue weighted by atomic mass is 19.1. The molecule has 2 fully saturated rings. The highest BCUT2D eigenvalue weighted by Gasteiger charge is 2.42. The number of carbonyl (C=O) groups excluding carboxylic acids is 2. The first-order valence-electron chi connectivity index (χ1n) is 11.7. The second-order valence-electron chi connectivity index (χ2n) is 9.28. The Morgan fingerprint density at radius 3 is 2.67 bits per heavy atom. The number of anilines is 1. The third kappa shape index (κ3) is 3.83. The van der Waals surface area contributed by atoms with Crippen LogP contribution in [0.4, 0.5) is 14.6 Å². The molecule has 4 heterocycles. The van der Waals surface area contributed by atoms with Gasteiger partial charge in [0, 0.05) is 32.2 Å². The number of phenols is 1. The van der Waals surface area contributed by atoms with Crippen molar-refractivity contribution in [3.05, 3.63) is 48.1 Å². The molecule has 3 atom stereocenters. The van der Waals surface area contributed by atoms with Gasteiger partial charge >= 0.3 is 0 Å². The molecule has 5 rings (SSSR count). The summed E-state index contributed by atoms with van der Waals surface area (Å²) in [5, 5.41) is 20.6. The zero-order valence-electron chi connectivity index (χ0n) is 19.7. The first-order chi connectivity index (χ1) is 17.2. The molecule has 0 saturated carbocycles. The van der Waals surface area contributed by atoms with Crippen molar-refractivity contribution in [3.8, 4) is 22.8 Å². The van der Waals surface area contributed by atoms with E-state index in [1.807, 2.05) is 6.92 Å². The maximum Gasteiger partial charge on any atom is 0.262 e. The molecule has 9 nitrogen and oxygen atoms in total. The average Bonchev–Trinajstić information content (AvgIpc) is 3.11. The highest BCUT2D eigenvalue weighted by Crippen LogP contribution is 2.43. The van der Waals surface area contributed by atoms with Crippen LogP contribution in [0.25, 0.3) is 11.3 Å². The van der Waals surface area contributed by atoms with Crippen LogP contribution in [0.1, 0.15) is 23.7 Å². The van der Waals surface area contributed by atoms with Crippen molar-refractivity contribution in [2.75, 3.05) is 37.7 Å². The number of carbonyl (C=O) groups is 2. The minimum absolute atomic E-state index is 0.0448. The van der Waals surface area contributed by atoms with Crippen molar-refractivity contribution in [1.29, 1.82) is 0 Å². The van der Waals surface area contributed by atoms with Crippen LogP contribution < -0.4 is 9.64 Å². The van der Waals surface area contributed by atoms with Crippen LogP contribution in [-0.4, -0.2) is 87.8 Å². The van der Waals surface area contributed by atoms with Gasteiger partial charge in [-0.3, -0.25) is 9.59 Å². The quantitative estimate of drug-likeness (QED) is 0.621. The topological polar surface area (TPSA) is 106 Å². The third-order valence-corrected chi connectivity index (χ3v) is 6.99. The number of fused-ring (bicyclic) bond motifs is 2. The molecular weight excluding hydrogens is 474 g/mol. The summed E-state index contributed by atoms with van der Waals surface area (Å²) in [4.78, 5) is 35.1. The average molecular weight is 501 g/mol. The van der Waals surface area contributed by atoms with E-state index in [0.29, 0.717) is 6.42 Å². The Morgan fingerprint density at radius 1 is 1.22 bits per heavy atom. The molecule has 1 aromatic carbocycles. The van der Waals surface area contributed by atoms with Crippen LogP contribution in [0.2, 0.25) is 0 Å². The van der Waals surface area contributed by atoms with Crippen molar-refractivity contribution in [2.24, 2.45) is 0 Å². The van der Waals surface area contributed by atoms with Crippen molar-refractivity contribution in [3.63, 3.8) is 0 Å². The maximum absolute atomic E-state index is 16.0. The number of halogens is 2. The summed E-state index contributed by atoms with van der Waals surface area (Å²) in [5.41, 5.74) is -1.07. The van der Waals surface area contributed by atoms with Crippen molar-refractivity contribution < 1.29 is 33.3 Å². The van der Waals surface area contributed by atoms with Gasteiger partial charge < -0.3 is 29.6 Å². The number of hydrogen-bond donors (Lipinski definition) is 2. The molecule has 0 bridgehead atoms. The fourth-order valence-electron chi connectivity index (χ4n) is 5.19. The number of aliphatic hydroxyl groups excluding tert-OH is 1. The van der Waals surface area contributed by atoms with Gasteiger partial charge in [0.1, 0.15) is 35.2 Å². The van der Waals surface area contributed by atoms with Crippen LogP contribution in [-0.2, 0) is 4.79 Å². The lowest BCUT2D eigenvalue weighted by molar-refractivity contribution is -0.128. The summed E-state index contributed by atoms with van der Waals surface area (Å²) in [5.74, 6) is -3.65. The summed E-state index contributed by atoms with van der Waals surface area (Å²) in [6.07, 6.45) is 0.892. The van der Waals surface area contributed by atoms with Gasteiger partial charge in [0.15, 0.2) is 11.6 Å². The molecule has 0 aliphatic carbocycles. The van der Waals surface area contributed by atoms with Crippen LogP contribution in [0.3, 0.4) is 0 Å². The summed E-state index contributed by atoms with van der Waals surface area (Å²) in [7, 11) is 0. The van der Waals surface area contributed by atoms with Gasteiger partial charge in [-0.2, -0.15) is 0 Å². The SMILES string of the molecule is C=CC(=O)N1CCN2C(=O)c3c(N4C[C@H](O)C[C@@H]4C)nc(-c4c(O)cccc4F)c(F)c3OC[C@H]2C1. The first kappa shape index (κ1) is 24.0. The number of ether oxygens (including phenoxy) is 1. The molecule has 0 spiro atoms. The summed E-state index contributed by atoms with van der Waals surface area (Å²) in [6.45, 7) is 6.00. The highest BCUT2D eigenvalue weighted by molar-refractivity contribution is 6.03. The zero-order chi connectivity index (χ0) is 25.7. The number of pyridine rings is 1. The number of nitrogens with zero attached hydrogens (tertiary/aromatic N) is 4. The minimum atomic E-state index is -1.08. The van der Waals surface area contributed by atoms with Crippen LogP contribution in [0.15, 0.2) is 30.9 Å². The smallest absolute Gasteiger partial charge is 0.262 e. The minimum Gasteiger partial charge on any atom is -0.507 e. The fraction of sp³-hybridized carbons (Fsp3) is 0.400. The number of β-amino-alcohol motifs (C(OH)–C–C–N with tert-alkyl or cyclic N) is 1. The van der Waals surface area contributed by atoms with E-state index in [9.17, 15) is 24.2 Å². The number of piperazine rings is 1. The molecule has 3 aliphatic rings. The lowest BCUT2D eigenvalue weighted by Gasteiger charge is -2.39. The van der Waals surface area contributed by atoms with Gasteiger partial charge in [-0.1, -0.05) is 12.6 Å². The van der Waals surface area contributed by atoms with Crippen LogP contribution in [0, 0.1) is 11.6 Å². The Hall–Kier alpha value is -3.73. The molecule has 1 aromatic heterocycles. The Bertz CT molecular complexity index is 1240. The summed E-state index contributed by atoms with van der Waals surface area (Å²) >= 11 is 0. The molecule has 2 amide bonds. The molecule has 2 saturated heterocycles. The van der Waals surface area contributed by atoms with E-state index in [4.69, 9.17) is 4.74 Å². The molecule has 36 heavy (non-hydrogen) atoms. The molecule has 3 aliphatic heterocycles. The van der Waals surface area contributed by atoms with E-state index < -0.39 is 52.4 Å². The predicted octanol–water partition coefficient (Wildman–Crippen LogP) is 1.92. The second-order valence-corrected chi connectivity index (χ2v) is 9.28. The molecule has 0 unspecified atom stereocenters. The molecule has 2 aromatic rings. The Morgan fingerprint density at radius 2 is 2.00 bits per heavy atom. The van der Waals surface area contributed by atoms with E-state index >= 15 is 4.39 Å². The Balaban J connectivity index is 1.67. The van der Waals surface area contributed by atoms with E-state index in [1.54, 1.807) is 4.90 Å². The van der Waals surface area contributed by atoms with Gasteiger partial charge in [-0.05, 0) is 31.6 Å².